The predicted octanol–water partition coefficient (Wildman–Crippen LogP) is 1.44. The van der Waals surface area contributed by atoms with E-state index in [0.29, 0.717) is 11.4 Å². The fraction of sp³-hybridized carbons (Fsp3) is 0.467. The van der Waals surface area contributed by atoms with Crippen LogP contribution >= 0.6 is 12.4 Å². The summed E-state index contributed by atoms with van der Waals surface area (Å²) in [5.41, 5.74) is 5.13. The number of carbonyl (C=O) groups excluding carboxylic acids is 2. The zero-order chi connectivity index (χ0) is 15.3. The minimum absolute atomic E-state index is 0. The Bertz CT molecular complexity index is 531. The van der Waals surface area contributed by atoms with E-state index in [1.807, 2.05) is 6.92 Å². The van der Waals surface area contributed by atoms with Crippen molar-refractivity contribution in [3.05, 3.63) is 24.3 Å². The van der Waals surface area contributed by atoms with Crippen LogP contribution in [0.5, 0.6) is 5.75 Å². The van der Waals surface area contributed by atoms with Gasteiger partial charge in [0.15, 0.2) is 6.61 Å². The molecule has 1 fully saturated rings. The summed E-state index contributed by atoms with van der Waals surface area (Å²) < 4.78 is 5.22. The molecular weight excluding hydrogens is 306 g/mol. The van der Waals surface area contributed by atoms with Gasteiger partial charge in [-0.1, -0.05) is 6.07 Å². The topological polar surface area (TPSA) is 93.4 Å². The first-order chi connectivity index (χ1) is 9.99. The number of piperidine rings is 1. The second kappa shape index (κ2) is 8.00. The highest BCUT2D eigenvalue weighted by molar-refractivity contribution is 5.98. The van der Waals surface area contributed by atoms with Gasteiger partial charge in [0, 0.05) is 11.8 Å². The van der Waals surface area contributed by atoms with Gasteiger partial charge in [-0.2, -0.15) is 0 Å². The van der Waals surface area contributed by atoms with Gasteiger partial charge in [0.2, 0.25) is 5.91 Å². The lowest BCUT2D eigenvalue weighted by atomic mass is 9.90. The smallest absolute Gasteiger partial charge is 0.255 e. The zero-order valence-corrected chi connectivity index (χ0v) is 13.4. The molecule has 2 amide bonds. The summed E-state index contributed by atoms with van der Waals surface area (Å²) in [4.78, 5) is 23.1. The summed E-state index contributed by atoms with van der Waals surface area (Å²) >= 11 is 0. The third-order valence-corrected chi connectivity index (χ3v) is 3.59. The lowest BCUT2D eigenvalue weighted by Gasteiger charge is -2.33. The van der Waals surface area contributed by atoms with Crippen LogP contribution in [0, 0.1) is 0 Å². The Hall–Kier alpha value is -1.79. The zero-order valence-electron chi connectivity index (χ0n) is 12.6. The molecule has 0 spiro atoms. The molecule has 0 saturated carbocycles. The van der Waals surface area contributed by atoms with Crippen LogP contribution in [0.3, 0.4) is 0 Å². The van der Waals surface area contributed by atoms with E-state index in [0.717, 1.165) is 25.8 Å². The Morgan fingerprint density at radius 2 is 2.18 bits per heavy atom. The minimum atomic E-state index is -0.539. The number of halogens is 1. The predicted molar refractivity (Wildman–Crippen MR) is 87.3 cm³/mol. The highest BCUT2D eigenvalue weighted by atomic mass is 35.5. The molecule has 122 valence electrons. The molecule has 0 aliphatic carbocycles. The number of carbonyl (C=O) groups is 2. The maximum Gasteiger partial charge on any atom is 0.255 e. The number of benzene rings is 1. The number of amides is 2. The van der Waals surface area contributed by atoms with Crippen molar-refractivity contribution in [2.24, 2.45) is 5.73 Å². The Kier molecular flexibility index (Phi) is 6.64. The van der Waals surface area contributed by atoms with Crippen LogP contribution in [0.2, 0.25) is 0 Å². The highest BCUT2D eigenvalue weighted by Crippen LogP contribution is 2.22. The number of hydrogen-bond donors (Lipinski definition) is 3. The number of nitrogens with two attached hydrogens (primary N) is 1. The molecule has 1 aromatic rings. The van der Waals surface area contributed by atoms with Crippen LogP contribution in [0.15, 0.2) is 24.3 Å². The first-order valence-corrected chi connectivity index (χ1v) is 7.07. The van der Waals surface area contributed by atoms with Crippen molar-refractivity contribution in [3.8, 4) is 5.75 Å². The molecule has 1 unspecified atom stereocenters. The third kappa shape index (κ3) is 4.89. The van der Waals surface area contributed by atoms with Gasteiger partial charge in [-0.05, 0) is 44.9 Å². The van der Waals surface area contributed by atoms with Crippen molar-refractivity contribution < 1.29 is 14.3 Å². The molecule has 6 nitrogen and oxygen atoms in total. The van der Waals surface area contributed by atoms with E-state index in [1.54, 1.807) is 24.3 Å². The van der Waals surface area contributed by atoms with Gasteiger partial charge >= 0.3 is 0 Å². The molecular formula is C15H22ClN3O3. The second-order valence-corrected chi connectivity index (χ2v) is 5.45. The van der Waals surface area contributed by atoms with E-state index < -0.39 is 11.4 Å². The maximum atomic E-state index is 12.4. The second-order valence-electron chi connectivity index (χ2n) is 5.45. The number of ether oxygens (including phenoxy) is 1. The molecule has 22 heavy (non-hydrogen) atoms. The monoisotopic (exact) mass is 327 g/mol. The number of hydrogen-bond acceptors (Lipinski definition) is 4. The van der Waals surface area contributed by atoms with Crippen molar-refractivity contribution in [1.29, 1.82) is 0 Å². The standard InChI is InChI=1S/C15H21N3O3.ClH/c1-15(7-2-3-8-17-15)14(20)18-11-5-4-6-12(9-11)21-10-13(16)19;/h4-6,9,17H,2-3,7-8,10H2,1H3,(H2,16,19)(H,18,20);1H. The summed E-state index contributed by atoms with van der Waals surface area (Å²) in [6, 6.07) is 6.91. The first-order valence-electron chi connectivity index (χ1n) is 7.07. The van der Waals surface area contributed by atoms with Gasteiger partial charge in [-0.15, -0.1) is 12.4 Å². The van der Waals surface area contributed by atoms with Gasteiger partial charge in [-0.25, -0.2) is 0 Å². The average Bonchev–Trinajstić information content (AvgIpc) is 2.46. The van der Waals surface area contributed by atoms with Crippen molar-refractivity contribution in [2.75, 3.05) is 18.5 Å². The Balaban J connectivity index is 0.00000242. The first kappa shape index (κ1) is 18.3. The molecule has 1 heterocycles. The van der Waals surface area contributed by atoms with Gasteiger partial charge < -0.3 is 21.1 Å². The Morgan fingerprint density at radius 3 is 2.82 bits per heavy atom. The molecule has 1 atom stereocenters. The fourth-order valence-corrected chi connectivity index (χ4v) is 2.34. The molecule has 1 saturated heterocycles. The van der Waals surface area contributed by atoms with Gasteiger partial charge in [0.1, 0.15) is 5.75 Å². The van der Waals surface area contributed by atoms with Crippen LogP contribution in [0.25, 0.3) is 0 Å². The van der Waals surface area contributed by atoms with Crippen molar-refractivity contribution >= 4 is 29.9 Å². The van der Waals surface area contributed by atoms with Crippen LogP contribution < -0.4 is 21.1 Å². The van der Waals surface area contributed by atoms with E-state index in [2.05, 4.69) is 10.6 Å². The molecule has 0 aromatic heterocycles. The number of rotatable bonds is 5. The van der Waals surface area contributed by atoms with E-state index >= 15 is 0 Å². The highest BCUT2D eigenvalue weighted by Gasteiger charge is 2.34. The van der Waals surface area contributed by atoms with Gasteiger partial charge in [0.05, 0.1) is 5.54 Å². The summed E-state index contributed by atoms with van der Waals surface area (Å²) in [5, 5.41) is 6.15. The Labute approximate surface area is 136 Å². The molecule has 1 aromatic carbocycles. The SMILES string of the molecule is CC1(C(=O)Nc2cccc(OCC(N)=O)c2)CCCCN1.Cl. The van der Waals surface area contributed by atoms with Gasteiger partial charge in [-0.3, -0.25) is 9.59 Å². The fourth-order valence-electron chi connectivity index (χ4n) is 2.34. The van der Waals surface area contributed by atoms with Crippen LogP contribution in [0.4, 0.5) is 5.69 Å². The minimum Gasteiger partial charge on any atom is -0.484 e. The number of anilines is 1. The van der Waals surface area contributed by atoms with E-state index in [9.17, 15) is 9.59 Å². The lowest BCUT2D eigenvalue weighted by molar-refractivity contribution is -0.122. The summed E-state index contributed by atoms with van der Waals surface area (Å²) in [5.74, 6) is -0.106. The normalized spacial score (nSPS) is 20.6. The van der Waals surface area contributed by atoms with Crippen molar-refractivity contribution in [3.63, 3.8) is 0 Å². The van der Waals surface area contributed by atoms with E-state index in [4.69, 9.17) is 10.5 Å². The maximum absolute atomic E-state index is 12.4. The van der Waals surface area contributed by atoms with E-state index in [-0.39, 0.29) is 24.9 Å². The summed E-state index contributed by atoms with van der Waals surface area (Å²) in [6.45, 7) is 2.58. The van der Waals surface area contributed by atoms with Crippen LogP contribution in [0.1, 0.15) is 26.2 Å². The van der Waals surface area contributed by atoms with E-state index in [1.165, 1.54) is 0 Å². The third-order valence-electron chi connectivity index (χ3n) is 3.59. The quantitative estimate of drug-likeness (QED) is 0.763. The van der Waals surface area contributed by atoms with Crippen molar-refractivity contribution in [2.45, 2.75) is 31.7 Å². The van der Waals surface area contributed by atoms with Crippen LogP contribution in [-0.4, -0.2) is 30.5 Å². The molecule has 2 rings (SSSR count). The van der Waals surface area contributed by atoms with Crippen LogP contribution in [-0.2, 0) is 9.59 Å². The summed E-state index contributed by atoms with van der Waals surface area (Å²) in [6.07, 6.45) is 2.95. The summed E-state index contributed by atoms with van der Waals surface area (Å²) in [7, 11) is 0. The van der Waals surface area contributed by atoms with Gasteiger partial charge in [0.25, 0.3) is 5.91 Å². The largest absolute Gasteiger partial charge is 0.484 e. The average molecular weight is 328 g/mol. The molecule has 1 aliphatic rings. The molecule has 1 aliphatic heterocycles. The molecule has 0 radical (unpaired) electrons. The molecule has 7 heteroatoms. The number of nitrogens with one attached hydrogen (secondary N) is 2. The lowest BCUT2D eigenvalue weighted by Crippen LogP contribution is -2.54. The molecule has 4 N–H and O–H groups in total. The Morgan fingerprint density at radius 1 is 1.41 bits per heavy atom. The number of primary amides is 1. The molecule has 0 bridgehead atoms. The van der Waals surface area contributed by atoms with Crippen molar-refractivity contribution in [1.82, 2.24) is 5.32 Å².